The summed E-state index contributed by atoms with van der Waals surface area (Å²) in [4.78, 5) is 7.76. The Morgan fingerprint density at radius 1 is 0.375 bits per heavy atom. The molecule has 0 spiro atoms. The molecular formula is C44H26N4. The van der Waals surface area contributed by atoms with Crippen LogP contribution in [-0.2, 0) is 0 Å². The van der Waals surface area contributed by atoms with Crippen LogP contribution in [0.15, 0.2) is 158 Å². The highest BCUT2D eigenvalue weighted by Gasteiger charge is 2.20. The smallest absolute Gasteiger partial charge is 0.195 e. The zero-order valence-corrected chi connectivity index (χ0v) is 25.8. The first-order valence-corrected chi connectivity index (χ1v) is 15.8. The maximum absolute atomic E-state index is 8.18. The summed E-state index contributed by atoms with van der Waals surface area (Å²) in [7, 11) is 0. The van der Waals surface area contributed by atoms with Crippen LogP contribution in [0.5, 0.6) is 0 Å². The molecule has 7 aromatic carbocycles. The molecule has 0 N–H and O–H groups in total. The third kappa shape index (κ3) is 4.07. The van der Waals surface area contributed by atoms with E-state index >= 15 is 0 Å². The second-order valence-corrected chi connectivity index (χ2v) is 11.9. The van der Waals surface area contributed by atoms with Crippen LogP contribution >= 0.6 is 0 Å². The molecule has 0 saturated carbocycles. The van der Waals surface area contributed by atoms with Gasteiger partial charge in [0.05, 0.1) is 35.4 Å². The molecular weight excluding hydrogens is 585 g/mol. The largest absolute Gasteiger partial charge is 0.310 e. The third-order valence-electron chi connectivity index (χ3n) is 9.38. The van der Waals surface area contributed by atoms with Crippen molar-refractivity contribution in [3.8, 4) is 33.6 Å². The third-order valence-corrected chi connectivity index (χ3v) is 9.38. The lowest BCUT2D eigenvalue weighted by Crippen LogP contribution is -1.98. The molecule has 0 aliphatic heterocycles. The summed E-state index contributed by atoms with van der Waals surface area (Å²) in [5, 5.41) is 4.65. The van der Waals surface area contributed by atoms with E-state index in [4.69, 9.17) is 13.1 Å². The zero-order valence-electron chi connectivity index (χ0n) is 25.8. The first kappa shape index (κ1) is 27.4. The summed E-state index contributed by atoms with van der Waals surface area (Å²) in [6, 6.07) is 54.3. The Labute approximate surface area is 277 Å². The maximum atomic E-state index is 8.18. The van der Waals surface area contributed by atoms with Crippen molar-refractivity contribution < 1.29 is 0 Å². The summed E-state index contributed by atoms with van der Waals surface area (Å²) in [6.45, 7) is 15.9. The summed E-state index contributed by atoms with van der Waals surface area (Å²) in [6.07, 6.45) is 0. The molecule has 222 valence electrons. The number of benzene rings is 7. The quantitative estimate of drug-likeness (QED) is 0.177. The highest BCUT2D eigenvalue weighted by Crippen LogP contribution is 2.43. The molecule has 4 nitrogen and oxygen atoms in total. The number of rotatable bonds is 4. The van der Waals surface area contributed by atoms with Crippen LogP contribution in [-0.4, -0.2) is 9.13 Å². The van der Waals surface area contributed by atoms with Gasteiger partial charge in [0.15, 0.2) is 11.4 Å². The van der Waals surface area contributed by atoms with Gasteiger partial charge in [0, 0.05) is 38.3 Å². The highest BCUT2D eigenvalue weighted by atomic mass is 15.0. The van der Waals surface area contributed by atoms with Crippen LogP contribution in [0.3, 0.4) is 0 Å². The summed E-state index contributed by atoms with van der Waals surface area (Å²) in [5.74, 6) is 0. The first-order chi connectivity index (χ1) is 23.7. The van der Waals surface area contributed by atoms with Crippen molar-refractivity contribution >= 4 is 55.0 Å². The lowest BCUT2D eigenvalue weighted by Gasteiger charge is -2.18. The topological polar surface area (TPSA) is 18.6 Å². The van der Waals surface area contributed by atoms with Crippen molar-refractivity contribution in [2.24, 2.45) is 0 Å². The number of hydrogen-bond donors (Lipinski definition) is 0. The second kappa shape index (κ2) is 10.9. The van der Waals surface area contributed by atoms with Crippen molar-refractivity contribution in [3.63, 3.8) is 0 Å². The van der Waals surface area contributed by atoms with Gasteiger partial charge >= 0.3 is 0 Å². The molecule has 4 heteroatoms. The Balaban J connectivity index is 1.30. The van der Waals surface area contributed by atoms with Crippen molar-refractivity contribution in [2.45, 2.75) is 0 Å². The SMILES string of the molecule is [C-]#[N+]c1ccc2c3ccccc3n(-c3ccccc3-c3ccccc3-c3cc(-n4c5ccccc5c5ccccc54)ccc3[N+]#[C-])c2c1. The van der Waals surface area contributed by atoms with Crippen LogP contribution in [0.1, 0.15) is 0 Å². The van der Waals surface area contributed by atoms with Crippen LogP contribution in [0, 0.1) is 13.1 Å². The molecule has 9 aromatic rings. The number of aromatic nitrogens is 2. The maximum Gasteiger partial charge on any atom is 0.195 e. The Bertz CT molecular complexity index is 2760. The minimum atomic E-state index is 0.600. The predicted molar refractivity (Wildman–Crippen MR) is 199 cm³/mol. The van der Waals surface area contributed by atoms with Crippen molar-refractivity contribution in [3.05, 3.63) is 181 Å². The van der Waals surface area contributed by atoms with Gasteiger partial charge in [0.25, 0.3) is 0 Å². The molecule has 0 fully saturated rings. The minimum absolute atomic E-state index is 0.600. The summed E-state index contributed by atoms with van der Waals surface area (Å²) >= 11 is 0. The summed E-state index contributed by atoms with van der Waals surface area (Å²) < 4.78 is 4.57. The Morgan fingerprint density at radius 3 is 1.52 bits per heavy atom. The molecule has 0 unspecified atom stereocenters. The van der Waals surface area contributed by atoms with E-state index in [-0.39, 0.29) is 0 Å². The lowest BCUT2D eigenvalue weighted by molar-refractivity contribution is 1.18. The van der Waals surface area contributed by atoms with Gasteiger partial charge in [0.2, 0.25) is 0 Å². The molecule has 0 aliphatic rings. The van der Waals surface area contributed by atoms with Crippen molar-refractivity contribution in [1.82, 2.24) is 9.13 Å². The monoisotopic (exact) mass is 610 g/mol. The number of hydrogen-bond acceptors (Lipinski definition) is 0. The summed E-state index contributed by atoms with van der Waals surface area (Å²) in [5.41, 5.74) is 11.5. The molecule has 0 atom stereocenters. The fraction of sp³-hybridized carbons (Fsp3) is 0. The Morgan fingerprint density at radius 2 is 0.896 bits per heavy atom. The Kier molecular flexibility index (Phi) is 6.22. The molecule has 0 amide bonds. The van der Waals surface area contributed by atoms with Crippen LogP contribution in [0.25, 0.3) is 86.9 Å². The van der Waals surface area contributed by atoms with E-state index in [9.17, 15) is 0 Å². The van der Waals surface area contributed by atoms with Gasteiger partial charge in [-0.3, -0.25) is 0 Å². The van der Waals surface area contributed by atoms with Gasteiger partial charge < -0.3 is 9.13 Å². The zero-order chi connectivity index (χ0) is 32.2. The van der Waals surface area contributed by atoms with Gasteiger partial charge in [-0.2, -0.15) is 0 Å². The van der Waals surface area contributed by atoms with E-state index in [1.807, 2.05) is 24.3 Å². The van der Waals surface area contributed by atoms with Crippen molar-refractivity contribution in [2.75, 3.05) is 0 Å². The fourth-order valence-electron chi connectivity index (χ4n) is 7.31. The molecule has 9 rings (SSSR count). The molecule has 2 aromatic heterocycles. The van der Waals surface area contributed by atoms with E-state index in [2.05, 4.69) is 152 Å². The number of fused-ring (bicyclic) bond motifs is 6. The molecule has 2 heterocycles. The standard InChI is InChI=1S/C44H26N4/c1-45-29-23-25-37-36-18-8-12-22-43(36)48(44(37)27-29)42-21-11-5-15-33(42)31-13-3-4-14-32(31)38-28-30(24-26-39(38)46-2)47-40-19-9-6-16-34(40)35-17-7-10-20-41(35)47/h3-28H. The molecule has 0 aliphatic carbocycles. The van der Waals surface area contributed by atoms with Crippen LogP contribution in [0.4, 0.5) is 11.4 Å². The van der Waals surface area contributed by atoms with E-state index in [1.54, 1.807) is 0 Å². The van der Waals surface area contributed by atoms with E-state index in [0.29, 0.717) is 11.4 Å². The van der Waals surface area contributed by atoms with E-state index in [0.717, 1.165) is 66.5 Å². The average Bonchev–Trinajstić information content (AvgIpc) is 3.67. The second-order valence-electron chi connectivity index (χ2n) is 11.9. The normalized spacial score (nSPS) is 11.3. The van der Waals surface area contributed by atoms with E-state index < -0.39 is 0 Å². The predicted octanol–water partition coefficient (Wildman–Crippen LogP) is 12.3. The van der Waals surface area contributed by atoms with Crippen LogP contribution < -0.4 is 0 Å². The van der Waals surface area contributed by atoms with Gasteiger partial charge in [0.1, 0.15) is 0 Å². The fourth-order valence-corrected chi connectivity index (χ4v) is 7.31. The van der Waals surface area contributed by atoms with E-state index in [1.165, 1.54) is 10.8 Å². The molecule has 0 radical (unpaired) electrons. The Hall–Kier alpha value is -6.88. The molecule has 0 saturated heterocycles. The van der Waals surface area contributed by atoms with Gasteiger partial charge in [-0.15, -0.1) is 0 Å². The minimum Gasteiger partial charge on any atom is -0.310 e. The van der Waals surface area contributed by atoms with Gasteiger partial charge in [-0.05, 0) is 59.2 Å². The van der Waals surface area contributed by atoms with Gasteiger partial charge in [-0.1, -0.05) is 115 Å². The highest BCUT2D eigenvalue weighted by molar-refractivity contribution is 6.11. The average molecular weight is 611 g/mol. The number of nitrogens with zero attached hydrogens (tertiary/aromatic N) is 4. The van der Waals surface area contributed by atoms with Gasteiger partial charge in [-0.25, -0.2) is 9.69 Å². The molecule has 48 heavy (non-hydrogen) atoms. The lowest BCUT2D eigenvalue weighted by atomic mass is 9.92. The molecule has 0 bridgehead atoms. The van der Waals surface area contributed by atoms with Crippen molar-refractivity contribution in [1.29, 1.82) is 0 Å². The van der Waals surface area contributed by atoms with Crippen LogP contribution in [0.2, 0.25) is 0 Å². The number of para-hydroxylation sites is 4. The first-order valence-electron chi connectivity index (χ1n) is 15.8.